The van der Waals surface area contributed by atoms with Gasteiger partial charge in [0.1, 0.15) is 0 Å². The van der Waals surface area contributed by atoms with Gasteiger partial charge in [0.2, 0.25) is 0 Å². The summed E-state index contributed by atoms with van der Waals surface area (Å²) in [6, 6.07) is 16.8. The summed E-state index contributed by atoms with van der Waals surface area (Å²) in [5.74, 6) is 0.840. The number of fused-ring (bicyclic) bond motifs is 3. The average Bonchev–Trinajstić information content (AvgIpc) is 3.51. The molecule has 2 aliphatic rings. The van der Waals surface area contributed by atoms with Crippen LogP contribution in [0.15, 0.2) is 48.5 Å². The van der Waals surface area contributed by atoms with E-state index in [9.17, 15) is 4.79 Å². The van der Waals surface area contributed by atoms with Crippen molar-refractivity contribution in [3.05, 3.63) is 65.4 Å². The summed E-state index contributed by atoms with van der Waals surface area (Å²) < 4.78 is 2.53. The minimum Gasteiger partial charge on any atom is -0.344 e. The van der Waals surface area contributed by atoms with E-state index in [1.807, 2.05) is 17.0 Å². The lowest BCUT2D eigenvalue weighted by atomic mass is 10.0. The van der Waals surface area contributed by atoms with Crippen LogP contribution in [0.5, 0.6) is 0 Å². The van der Waals surface area contributed by atoms with Crippen LogP contribution in [0, 0.1) is 5.92 Å². The molecule has 0 atom stereocenters. The van der Waals surface area contributed by atoms with Gasteiger partial charge in [-0.3, -0.25) is 0 Å². The zero-order valence-electron chi connectivity index (χ0n) is 16.4. The third-order valence-electron chi connectivity index (χ3n) is 6.20. The van der Waals surface area contributed by atoms with Crippen molar-refractivity contribution >= 4 is 22.6 Å². The standard InChI is InChI=1S/C24H27N3O/c1-2-17-9-11-19(12-10-17)25-24(28)26-14-13-23-21(16-26)20-5-3-4-6-22(20)27(23)15-18-7-8-18/h3-6,9-12,18H,2,7-8,13-16H2,1H3,(H,25,28). The van der Waals surface area contributed by atoms with E-state index in [2.05, 4.69) is 53.2 Å². The molecule has 3 aromatic rings. The molecule has 1 aromatic heterocycles. The maximum Gasteiger partial charge on any atom is 0.322 e. The molecule has 2 amide bonds. The highest BCUT2D eigenvalue weighted by molar-refractivity contribution is 5.91. The molecule has 1 N–H and O–H groups in total. The Labute approximate surface area is 166 Å². The number of amides is 2. The molecule has 1 saturated carbocycles. The number of aromatic nitrogens is 1. The molecule has 0 spiro atoms. The van der Waals surface area contributed by atoms with Gasteiger partial charge in [-0.25, -0.2) is 4.79 Å². The van der Waals surface area contributed by atoms with E-state index in [4.69, 9.17) is 0 Å². The fourth-order valence-corrected chi connectivity index (χ4v) is 4.37. The van der Waals surface area contributed by atoms with Gasteiger partial charge in [-0.05, 0) is 48.9 Å². The van der Waals surface area contributed by atoms with Crippen molar-refractivity contribution in [1.29, 1.82) is 0 Å². The lowest BCUT2D eigenvalue weighted by molar-refractivity contribution is 0.206. The number of hydrogen-bond acceptors (Lipinski definition) is 1. The molecule has 28 heavy (non-hydrogen) atoms. The Morgan fingerprint density at radius 2 is 1.89 bits per heavy atom. The summed E-state index contributed by atoms with van der Waals surface area (Å²) in [5.41, 5.74) is 6.24. The summed E-state index contributed by atoms with van der Waals surface area (Å²) in [5, 5.41) is 4.38. The highest BCUT2D eigenvalue weighted by Crippen LogP contribution is 2.36. The first kappa shape index (κ1) is 17.4. The molecule has 4 heteroatoms. The molecule has 5 rings (SSSR count). The van der Waals surface area contributed by atoms with E-state index in [-0.39, 0.29) is 6.03 Å². The van der Waals surface area contributed by atoms with E-state index in [1.165, 1.54) is 40.6 Å². The Morgan fingerprint density at radius 1 is 1.11 bits per heavy atom. The van der Waals surface area contributed by atoms with Crippen molar-refractivity contribution < 1.29 is 4.79 Å². The van der Waals surface area contributed by atoms with Gasteiger partial charge >= 0.3 is 6.03 Å². The zero-order valence-corrected chi connectivity index (χ0v) is 16.4. The smallest absolute Gasteiger partial charge is 0.322 e. The van der Waals surface area contributed by atoms with Gasteiger partial charge in [0.05, 0.1) is 0 Å². The first-order valence-electron chi connectivity index (χ1n) is 10.5. The second kappa shape index (κ2) is 7.01. The number of urea groups is 1. The first-order valence-corrected chi connectivity index (χ1v) is 10.5. The van der Waals surface area contributed by atoms with Crippen molar-refractivity contribution in [1.82, 2.24) is 9.47 Å². The molecule has 0 saturated heterocycles. The molecule has 1 fully saturated rings. The number of carbonyl (C=O) groups excluding carboxylic acids is 1. The lowest BCUT2D eigenvalue weighted by Gasteiger charge is -2.28. The van der Waals surface area contributed by atoms with Crippen molar-refractivity contribution in [2.24, 2.45) is 5.92 Å². The number of hydrogen-bond donors (Lipinski definition) is 1. The fourth-order valence-electron chi connectivity index (χ4n) is 4.37. The number of nitrogens with zero attached hydrogens (tertiary/aromatic N) is 2. The van der Waals surface area contributed by atoms with Crippen LogP contribution in [-0.2, 0) is 25.9 Å². The van der Waals surface area contributed by atoms with Gasteiger partial charge in [-0.2, -0.15) is 0 Å². The third-order valence-corrected chi connectivity index (χ3v) is 6.20. The van der Waals surface area contributed by atoms with Gasteiger partial charge in [0.25, 0.3) is 0 Å². The molecule has 1 aliphatic carbocycles. The largest absolute Gasteiger partial charge is 0.344 e. The van der Waals surface area contributed by atoms with Crippen molar-refractivity contribution in [3.8, 4) is 0 Å². The minimum atomic E-state index is -0.00563. The van der Waals surface area contributed by atoms with Crippen LogP contribution in [0.3, 0.4) is 0 Å². The molecule has 0 radical (unpaired) electrons. The SMILES string of the molecule is CCc1ccc(NC(=O)N2CCc3c(c4ccccc4n3CC3CC3)C2)cc1. The highest BCUT2D eigenvalue weighted by atomic mass is 16.2. The molecule has 4 nitrogen and oxygen atoms in total. The Morgan fingerprint density at radius 3 is 2.64 bits per heavy atom. The van der Waals surface area contributed by atoms with Gasteiger partial charge in [-0.15, -0.1) is 0 Å². The van der Waals surface area contributed by atoms with Crippen molar-refractivity contribution in [2.75, 3.05) is 11.9 Å². The number of carbonyl (C=O) groups is 1. The zero-order chi connectivity index (χ0) is 19.1. The molecule has 2 heterocycles. The number of benzene rings is 2. The number of rotatable bonds is 4. The first-order chi connectivity index (χ1) is 13.7. The van der Waals surface area contributed by atoms with Crippen LogP contribution < -0.4 is 5.32 Å². The second-order valence-electron chi connectivity index (χ2n) is 8.15. The van der Waals surface area contributed by atoms with E-state index >= 15 is 0 Å². The summed E-state index contributed by atoms with van der Waals surface area (Å²) >= 11 is 0. The summed E-state index contributed by atoms with van der Waals surface area (Å²) in [6.07, 6.45) is 4.65. The van der Waals surface area contributed by atoms with Gasteiger partial charge < -0.3 is 14.8 Å². The highest BCUT2D eigenvalue weighted by Gasteiger charge is 2.29. The summed E-state index contributed by atoms with van der Waals surface area (Å²) in [4.78, 5) is 14.8. The van der Waals surface area contributed by atoms with Gasteiger partial charge in [0, 0.05) is 53.9 Å². The molecule has 1 aliphatic heterocycles. The van der Waals surface area contributed by atoms with Crippen LogP contribution in [0.2, 0.25) is 0 Å². The van der Waals surface area contributed by atoms with E-state index in [1.54, 1.807) is 0 Å². The molecular weight excluding hydrogens is 346 g/mol. The minimum absolute atomic E-state index is 0.00563. The maximum absolute atomic E-state index is 12.9. The Hall–Kier alpha value is -2.75. The van der Waals surface area contributed by atoms with Crippen LogP contribution in [0.1, 0.15) is 36.6 Å². The molecular formula is C24H27N3O. The summed E-state index contributed by atoms with van der Waals surface area (Å²) in [6.45, 7) is 4.73. The van der Waals surface area contributed by atoms with Crippen LogP contribution in [0.25, 0.3) is 10.9 Å². The lowest BCUT2D eigenvalue weighted by Crippen LogP contribution is -2.39. The normalized spacial score (nSPS) is 16.2. The molecule has 0 unspecified atom stereocenters. The number of para-hydroxylation sites is 1. The van der Waals surface area contributed by atoms with Crippen molar-refractivity contribution in [2.45, 2.75) is 45.7 Å². The number of nitrogens with one attached hydrogen (secondary N) is 1. The van der Waals surface area contributed by atoms with Gasteiger partial charge in [0.15, 0.2) is 0 Å². The van der Waals surface area contributed by atoms with Crippen LogP contribution in [0.4, 0.5) is 10.5 Å². The summed E-state index contributed by atoms with van der Waals surface area (Å²) in [7, 11) is 0. The topological polar surface area (TPSA) is 37.3 Å². The van der Waals surface area contributed by atoms with E-state index in [0.717, 1.165) is 37.5 Å². The van der Waals surface area contributed by atoms with E-state index in [0.29, 0.717) is 6.54 Å². The Bertz CT molecular complexity index is 1010. The second-order valence-corrected chi connectivity index (χ2v) is 8.15. The Balaban J connectivity index is 1.39. The Kier molecular flexibility index (Phi) is 4.34. The van der Waals surface area contributed by atoms with Crippen LogP contribution >= 0.6 is 0 Å². The predicted octanol–water partition coefficient (Wildman–Crippen LogP) is 5.20. The fraction of sp³-hybridized carbons (Fsp3) is 0.375. The predicted molar refractivity (Wildman–Crippen MR) is 114 cm³/mol. The number of aryl methyl sites for hydroxylation is 1. The van der Waals surface area contributed by atoms with Crippen LogP contribution in [-0.4, -0.2) is 22.0 Å². The quantitative estimate of drug-likeness (QED) is 0.670. The van der Waals surface area contributed by atoms with Crippen molar-refractivity contribution in [3.63, 3.8) is 0 Å². The van der Waals surface area contributed by atoms with Gasteiger partial charge in [-0.1, -0.05) is 37.3 Å². The molecule has 0 bridgehead atoms. The third kappa shape index (κ3) is 3.17. The number of anilines is 1. The molecule has 2 aromatic carbocycles. The monoisotopic (exact) mass is 373 g/mol. The maximum atomic E-state index is 12.9. The molecule has 144 valence electrons. The van der Waals surface area contributed by atoms with E-state index < -0.39 is 0 Å². The average molecular weight is 374 g/mol.